The molecule has 10 nitrogen and oxygen atoms in total. The van der Waals surface area contributed by atoms with Gasteiger partial charge in [-0.25, -0.2) is 14.3 Å². The molecule has 2 aromatic rings. The van der Waals surface area contributed by atoms with Crippen molar-refractivity contribution in [3.8, 4) is 5.69 Å². The van der Waals surface area contributed by atoms with Crippen LogP contribution in [0.4, 0.5) is 4.79 Å². The first-order chi connectivity index (χ1) is 11.1. The van der Waals surface area contributed by atoms with Gasteiger partial charge >= 0.3 is 12.0 Å². The minimum absolute atomic E-state index is 0.247. The summed E-state index contributed by atoms with van der Waals surface area (Å²) in [6, 6.07) is 5.96. The van der Waals surface area contributed by atoms with Crippen LogP contribution in [0, 0.1) is 0 Å². The zero-order valence-corrected chi connectivity index (χ0v) is 11.9. The highest BCUT2D eigenvalue weighted by Crippen LogP contribution is 2.10. The molecule has 0 aliphatic carbocycles. The van der Waals surface area contributed by atoms with E-state index in [-0.39, 0.29) is 12.1 Å². The van der Waals surface area contributed by atoms with Crippen LogP contribution in [0.25, 0.3) is 5.69 Å². The number of nitrogens with zero attached hydrogens (tertiary/aromatic N) is 5. The molecule has 0 spiro atoms. The minimum Gasteiger partial charge on any atom is -0.452 e. The van der Waals surface area contributed by atoms with Crippen molar-refractivity contribution < 1.29 is 19.1 Å². The number of esters is 1. The molecule has 118 valence electrons. The summed E-state index contributed by atoms with van der Waals surface area (Å²) in [4.78, 5) is 36.2. The van der Waals surface area contributed by atoms with E-state index in [1.54, 1.807) is 18.2 Å². The minimum atomic E-state index is -0.673. The summed E-state index contributed by atoms with van der Waals surface area (Å²) in [5.74, 6) is -1.24. The summed E-state index contributed by atoms with van der Waals surface area (Å²) in [5.41, 5.74) is 0.825. The molecular weight excluding hydrogens is 304 g/mol. The first-order valence-corrected chi connectivity index (χ1v) is 6.74. The lowest BCUT2D eigenvalue weighted by Gasteiger charge is -2.12. The standard InChI is InChI=1S/C13H12N6O4/c20-11(18-5-4-14-13(18)22)7-23-12(21)9-2-1-3-10(6-9)19-8-15-16-17-19/h1-3,6,8H,4-5,7H2,(H,14,22). The molecule has 23 heavy (non-hydrogen) atoms. The van der Waals surface area contributed by atoms with Crippen molar-refractivity contribution in [1.82, 2.24) is 30.4 Å². The number of urea groups is 1. The maximum absolute atomic E-state index is 12.0. The van der Waals surface area contributed by atoms with Crippen LogP contribution in [0.3, 0.4) is 0 Å². The van der Waals surface area contributed by atoms with E-state index in [1.165, 1.54) is 17.1 Å². The lowest BCUT2D eigenvalue weighted by atomic mass is 10.2. The van der Waals surface area contributed by atoms with Gasteiger partial charge in [-0.2, -0.15) is 0 Å². The lowest BCUT2D eigenvalue weighted by Crippen LogP contribution is -2.37. The van der Waals surface area contributed by atoms with Crippen molar-refractivity contribution in [2.75, 3.05) is 19.7 Å². The second kappa shape index (κ2) is 6.22. The van der Waals surface area contributed by atoms with Gasteiger partial charge in [0.1, 0.15) is 6.33 Å². The molecular formula is C13H12N6O4. The molecule has 1 aromatic heterocycles. The Balaban J connectivity index is 1.63. The largest absolute Gasteiger partial charge is 0.452 e. The Kier molecular flexibility index (Phi) is 3.95. The third-order valence-corrected chi connectivity index (χ3v) is 3.18. The van der Waals surface area contributed by atoms with Crippen LogP contribution in [0.15, 0.2) is 30.6 Å². The van der Waals surface area contributed by atoms with Crippen molar-refractivity contribution in [3.63, 3.8) is 0 Å². The van der Waals surface area contributed by atoms with E-state index in [1.807, 2.05) is 0 Å². The number of carbonyl (C=O) groups is 3. The molecule has 3 amide bonds. The Morgan fingerprint density at radius 1 is 1.35 bits per heavy atom. The van der Waals surface area contributed by atoms with Crippen molar-refractivity contribution in [3.05, 3.63) is 36.2 Å². The number of hydrogen-bond donors (Lipinski definition) is 1. The molecule has 1 N–H and O–H groups in total. The highest BCUT2D eigenvalue weighted by atomic mass is 16.5. The predicted octanol–water partition coefficient (Wildman–Crippen LogP) is -0.629. The number of tetrazole rings is 1. The number of aromatic nitrogens is 4. The molecule has 0 saturated carbocycles. The van der Waals surface area contributed by atoms with Gasteiger partial charge in [-0.1, -0.05) is 6.07 Å². The van der Waals surface area contributed by atoms with Gasteiger partial charge in [-0.3, -0.25) is 9.69 Å². The number of rotatable bonds is 4. The first-order valence-electron chi connectivity index (χ1n) is 6.74. The van der Waals surface area contributed by atoms with Crippen LogP contribution >= 0.6 is 0 Å². The zero-order chi connectivity index (χ0) is 16.2. The molecule has 2 heterocycles. The van der Waals surface area contributed by atoms with Crippen molar-refractivity contribution in [1.29, 1.82) is 0 Å². The number of nitrogens with one attached hydrogen (secondary N) is 1. The molecule has 10 heteroatoms. The average molecular weight is 316 g/mol. The lowest BCUT2D eigenvalue weighted by molar-refractivity contribution is -0.130. The van der Waals surface area contributed by atoms with E-state index >= 15 is 0 Å². The normalized spacial score (nSPS) is 13.7. The molecule has 3 rings (SSSR count). The zero-order valence-electron chi connectivity index (χ0n) is 11.9. The SMILES string of the molecule is O=C(OCC(=O)N1CCNC1=O)c1cccc(-n2cnnn2)c1. The number of imide groups is 1. The smallest absolute Gasteiger partial charge is 0.338 e. The highest BCUT2D eigenvalue weighted by molar-refractivity contribution is 5.98. The van der Waals surface area contributed by atoms with Crippen LogP contribution < -0.4 is 5.32 Å². The van der Waals surface area contributed by atoms with E-state index in [4.69, 9.17) is 4.74 Å². The van der Waals surface area contributed by atoms with Crippen LogP contribution in [-0.2, 0) is 9.53 Å². The predicted molar refractivity (Wildman–Crippen MR) is 74.5 cm³/mol. The molecule has 1 fully saturated rings. The number of ether oxygens (including phenoxy) is 1. The molecule has 0 unspecified atom stereocenters. The van der Waals surface area contributed by atoms with Crippen molar-refractivity contribution in [2.24, 2.45) is 0 Å². The van der Waals surface area contributed by atoms with E-state index in [2.05, 4.69) is 20.8 Å². The van der Waals surface area contributed by atoms with E-state index in [0.717, 1.165) is 4.90 Å². The fourth-order valence-electron chi connectivity index (χ4n) is 2.05. The monoisotopic (exact) mass is 316 g/mol. The summed E-state index contributed by atoms with van der Waals surface area (Å²) >= 11 is 0. The van der Waals surface area contributed by atoms with Crippen LogP contribution in [-0.4, -0.2) is 62.7 Å². The third kappa shape index (κ3) is 3.15. The average Bonchev–Trinajstić information content (AvgIpc) is 3.24. The van der Waals surface area contributed by atoms with E-state index in [9.17, 15) is 14.4 Å². The molecule has 1 aromatic carbocycles. The fraction of sp³-hybridized carbons (Fsp3) is 0.231. The Hall–Kier alpha value is -3.30. The van der Waals surface area contributed by atoms with Gasteiger partial charge in [0.15, 0.2) is 6.61 Å². The van der Waals surface area contributed by atoms with Crippen molar-refractivity contribution in [2.45, 2.75) is 0 Å². The second-order valence-electron chi connectivity index (χ2n) is 4.66. The van der Waals surface area contributed by atoms with Gasteiger partial charge in [0.25, 0.3) is 5.91 Å². The number of amides is 3. The van der Waals surface area contributed by atoms with Gasteiger partial charge in [0.05, 0.1) is 11.3 Å². The molecule has 1 aliphatic heterocycles. The van der Waals surface area contributed by atoms with Crippen LogP contribution in [0.5, 0.6) is 0 Å². The number of benzene rings is 1. The van der Waals surface area contributed by atoms with Gasteiger partial charge in [0, 0.05) is 13.1 Å². The second-order valence-corrected chi connectivity index (χ2v) is 4.66. The quantitative estimate of drug-likeness (QED) is 0.746. The Morgan fingerprint density at radius 2 is 2.22 bits per heavy atom. The van der Waals surface area contributed by atoms with Gasteiger partial charge in [-0.15, -0.1) is 5.10 Å². The van der Waals surface area contributed by atoms with Gasteiger partial charge in [0.2, 0.25) is 0 Å². The van der Waals surface area contributed by atoms with Crippen molar-refractivity contribution >= 4 is 17.9 Å². The number of hydrogen-bond acceptors (Lipinski definition) is 7. The first kappa shape index (κ1) is 14.6. The molecule has 1 aliphatic rings. The Bertz CT molecular complexity index is 745. The maximum atomic E-state index is 12.0. The Labute approximate surface area is 130 Å². The number of carbonyl (C=O) groups excluding carboxylic acids is 3. The summed E-state index contributed by atoms with van der Waals surface area (Å²) in [6.07, 6.45) is 1.39. The molecule has 1 saturated heterocycles. The fourth-order valence-corrected chi connectivity index (χ4v) is 2.05. The summed E-state index contributed by atoms with van der Waals surface area (Å²) in [7, 11) is 0. The molecule has 0 atom stereocenters. The van der Waals surface area contributed by atoms with Gasteiger partial charge < -0.3 is 10.1 Å². The van der Waals surface area contributed by atoms with Gasteiger partial charge in [-0.05, 0) is 28.6 Å². The molecule has 0 bridgehead atoms. The van der Waals surface area contributed by atoms with Crippen LogP contribution in [0.2, 0.25) is 0 Å². The summed E-state index contributed by atoms with van der Waals surface area (Å²) in [6.45, 7) is 0.165. The third-order valence-electron chi connectivity index (χ3n) is 3.18. The Morgan fingerprint density at radius 3 is 2.91 bits per heavy atom. The van der Waals surface area contributed by atoms with E-state index < -0.39 is 24.5 Å². The molecule has 0 radical (unpaired) electrons. The highest BCUT2D eigenvalue weighted by Gasteiger charge is 2.26. The van der Waals surface area contributed by atoms with E-state index in [0.29, 0.717) is 12.2 Å². The topological polar surface area (TPSA) is 119 Å². The summed E-state index contributed by atoms with van der Waals surface area (Å²) in [5, 5.41) is 13.2. The van der Waals surface area contributed by atoms with Crippen LogP contribution in [0.1, 0.15) is 10.4 Å². The maximum Gasteiger partial charge on any atom is 0.338 e. The summed E-state index contributed by atoms with van der Waals surface area (Å²) < 4.78 is 6.34.